The van der Waals surface area contributed by atoms with Gasteiger partial charge >= 0.3 is 4.87 Å². The van der Waals surface area contributed by atoms with E-state index < -0.39 is 0 Å². The zero-order chi connectivity index (χ0) is 15.4. The highest BCUT2D eigenvalue weighted by Crippen LogP contribution is 2.16. The molecule has 0 bridgehead atoms. The Morgan fingerprint density at radius 3 is 2.68 bits per heavy atom. The van der Waals surface area contributed by atoms with Crippen molar-refractivity contribution in [3.05, 3.63) is 69.3 Å². The van der Waals surface area contributed by atoms with Gasteiger partial charge in [-0.25, -0.2) is 0 Å². The number of hydrogen-bond donors (Lipinski definition) is 1. The summed E-state index contributed by atoms with van der Waals surface area (Å²) in [5, 5.41) is 3.44. The molecular weight excluding hydrogens is 292 g/mol. The average Bonchev–Trinajstić information content (AvgIpc) is 2.85. The first-order valence-electron chi connectivity index (χ1n) is 7.59. The summed E-state index contributed by atoms with van der Waals surface area (Å²) in [5.41, 5.74) is 3.63. The summed E-state index contributed by atoms with van der Waals surface area (Å²) in [7, 11) is 0. The maximum atomic E-state index is 12.0. The highest BCUT2D eigenvalue weighted by Gasteiger charge is 2.05. The Bertz CT molecular complexity index is 802. The van der Waals surface area contributed by atoms with Crippen LogP contribution in [0.15, 0.2) is 53.3 Å². The number of fused-ring (bicyclic) bond motifs is 1. The molecule has 2 aromatic carbocycles. The van der Waals surface area contributed by atoms with Crippen molar-refractivity contribution in [2.45, 2.75) is 26.4 Å². The molecule has 0 aliphatic carbocycles. The van der Waals surface area contributed by atoms with Gasteiger partial charge in [0, 0.05) is 13.1 Å². The molecule has 0 saturated carbocycles. The molecule has 0 radical (unpaired) electrons. The van der Waals surface area contributed by atoms with E-state index in [0.717, 1.165) is 36.3 Å². The Labute approximate surface area is 134 Å². The summed E-state index contributed by atoms with van der Waals surface area (Å²) in [6.45, 7) is 4.65. The summed E-state index contributed by atoms with van der Waals surface area (Å²) in [6, 6.07) is 16.6. The molecule has 114 valence electrons. The SMILES string of the molecule is Cc1ccc(CNCCCn2c(=O)sc3ccccc32)cc1. The number of hydrogen-bond acceptors (Lipinski definition) is 3. The second-order valence-electron chi connectivity index (χ2n) is 5.50. The lowest BCUT2D eigenvalue weighted by Gasteiger charge is -2.06. The van der Waals surface area contributed by atoms with E-state index in [0.29, 0.717) is 0 Å². The van der Waals surface area contributed by atoms with E-state index in [1.807, 2.05) is 28.8 Å². The number of aryl methyl sites for hydroxylation is 2. The van der Waals surface area contributed by atoms with Crippen LogP contribution >= 0.6 is 11.3 Å². The van der Waals surface area contributed by atoms with Gasteiger partial charge in [0.05, 0.1) is 10.2 Å². The molecule has 0 aliphatic heterocycles. The van der Waals surface area contributed by atoms with Gasteiger partial charge in [-0.2, -0.15) is 0 Å². The van der Waals surface area contributed by atoms with Crippen LogP contribution in [0.25, 0.3) is 10.2 Å². The number of benzene rings is 2. The van der Waals surface area contributed by atoms with Crippen LogP contribution in [0.5, 0.6) is 0 Å². The first kappa shape index (κ1) is 15.0. The molecule has 3 nitrogen and oxygen atoms in total. The van der Waals surface area contributed by atoms with Crippen molar-refractivity contribution in [2.24, 2.45) is 0 Å². The van der Waals surface area contributed by atoms with Crippen molar-refractivity contribution in [3.8, 4) is 0 Å². The molecule has 22 heavy (non-hydrogen) atoms. The first-order chi connectivity index (χ1) is 10.7. The molecule has 0 atom stereocenters. The molecule has 1 heterocycles. The van der Waals surface area contributed by atoms with Gasteiger partial charge in [-0.1, -0.05) is 53.3 Å². The van der Waals surface area contributed by atoms with Gasteiger partial charge in [-0.15, -0.1) is 0 Å². The van der Waals surface area contributed by atoms with Crippen molar-refractivity contribution in [1.82, 2.24) is 9.88 Å². The summed E-state index contributed by atoms with van der Waals surface area (Å²) in [6.07, 6.45) is 0.951. The number of para-hydroxylation sites is 1. The third-order valence-corrected chi connectivity index (χ3v) is 4.72. The van der Waals surface area contributed by atoms with Crippen LogP contribution < -0.4 is 10.2 Å². The normalized spacial score (nSPS) is 11.1. The van der Waals surface area contributed by atoms with Crippen LogP contribution in [0.2, 0.25) is 0 Å². The zero-order valence-corrected chi connectivity index (χ0v) is 13.5. The fourth-order valence-corrected chi connectivity index (χ4v) is 3.44. The molecule has 4 heteroatoms. The molecule has 1 N–H and O–H groups in total. The minimum atomic E-state index is 0.139. The molecule has 0 fully saturated rings. The Kier molecular flexibility index (Phi) is 4.71. The summed E-state index contributed by atoms with van der Waals surface area (Å²) < 4.78 is 2.95. The highest BCUT2D eigenvalue weighted by atomic mass is 32.1. The van der Waals surface area contributed by atoms with Crippen LogP contribution in [0.3, 0.4) is 0 Å². The number of rotatable bonds is 6. The summed E-state index contributed by atoms with van der Waals surface area (Å²) in [5.74, 6) is 0. The van der Waals surface area contributed by atoms with E-state index in [-0.39, 0.29) is 4.87 Å². The Hall–Kier alpha value is -1.91. The van der Waals surface area contributed by atoms with Crippen LogP contribution in [0.1, 0.15) is 17.5 Å². The summed E-state index contributed by atoms with van der Waals surface area (Å²) >= 11 is 1.33. The molecule has 0 spiro atoms. The minimum Gasteiger partial charge on any atom is -0.313 e. The van der Waals surface area contributed by atoms with Gasteiger partial charge in [0.15, 0.2) is 0 Å². The Morgan fingerprint density at radius 2 is 1.86 bits per heavy atom. The van der Waals surface area contributed by atoms with Crippen molar-refractivity contribution in [1.29, 1.82) is 0 Å². The molecular formula is C18H20N2OS. The smallest absolute Gasteiger partial charge is 0.308 e. The second kappa shape index (κ2) is 6.90. The van der Waals surface area contributed by atoms with E-state index in [1.54, 1.807) is 0 Å². The van der Waals surface area contributed by atoms with Crippen molar-refractivity contribution in [3.63, 3.8) is 0 Å². The molecule has 0 amide bonds. The molecule has 1 aromatic heterocycles. The van der Waals surface area contributed by atoms with Crippen LogP contribution in [0.4, 0.5) is 0 Å². The van der Waals surface area contributed by atoms with E-state index in [1.165, 1.54) is 22.5 Å². The maximum Gasteiger partial charge on any atom is 0.308 e. The second-order valence-corrected chi connectivity index (χ2v) is 6.50. The topological polar surface area (TPSA) is 34.0 Å². The molecule has 0 aliphatic rings. The Morgan fingerprint density at radius 1 is 1.09 bits per heavy atom. The average molecular weight is 312 g/mol. The lowest BCUT2D eigenvalue weighted by molar-refractivity contribution is 0.586. The predicted molar refractivity (Wildman–Crippen MR) is 93.6 cm³/mol. The van der Waals surface area contributed by atoms with Gasteiger partial charge in [-0.05, 0) is 37.6 Å². The van der Waals surface area contributed by atoms with Crippen LogP contribution in [0, 0.1) is 6.92 Å². The summed E-state index contributed by atoms with van der Waals surface area (Å²) in [4.78, 5) is 12.2. The predicted octanol–water partition coefficient (Wildman–Crippen LogP) is 3.55. The fourth-order valence-electron chi connectivity index (χ4n) is 2.53. The van der Waals surface area contributed by atoms with E-state index in [4.69, 9.17) is 0 Å². The van der Waals surface area contributed by atoms with E-state index in [2.05, 4.69) is 36.5 Å². The molecule has 0 saturated heterocycles. The molecule has 3 rings (SSSR count). The Balaban J connectivity index is 1.51. The van der Waals surface area contributed by atoms with Gasteiger partial charge in [0.2, 0.25) is 0 Å². The third-order valence-electron chi connectivity index (χ3n) is 3.76. The van der Waals surface area contributed by atoms with Crippen LogP contribution in [-0.4, -0.2) is 11.1 Å². The minimum absolute atomic E-state index is 0.139. The monoisotopic (exact) mass is 312 g/mol. The quantitative estimate of drug-likeness (QED) is 0.706. The third kappa shape index (κ3) is 3.46. The lowest BCUT2D eigenvalue weighted by atomic mass is 10.1. The van der Waals surface area contributed by atoms with Gasteiger partial charge < -0.3 is 5.32 Å². The molecule has 3 aromatic rings. The van der Waals surface area contributed by atoms with Crippen molar-refractivity contribution >= 4 is 21.6 Å². The number of thiazole rings is 1. The van der Waals surface area contributed by atoms with Crippen molar-refractivity contribution in [2.75, 3.05) is 6.54 Å². The fraction of sp³-hybridized carbons (Fsp3) is 0.278. The maximum absolute atomic E-state index is 12.0. The standard InChI is InChI=1S/C18H20N2OS/c1-14-7-9-15(10-8-14)13-19-11-4-12-20-16-5-2-3-6-17(16)22-18(20)21/h2-3,5-10,19H,4,11-13H2,1H3. The van der Waals surface area contributed by atoms with E-state index in [9.17, 15) is 4.79 Å². The van der Waals surface area contributed by atoms with Gasteiger partial charge in [-0.3, -0.25) is 9.36 Å². The number of nitrogens with zero attached hydrogens (tertiary/aromatic N) is 1. The van der Waals surface area contributed by atoms with Crippen molar-refractivity contribution < 1.29 is 0 Å². The zero-order valence-electron chi connectivity index (χ0n) is 12.7. The molecule has 0 unspecified atom stereocenters. The highest BCUT2D eigenvalue weighted by molar-refractivity contribution is 7.16. The number of aromatic nitrogens is 1. The largest absolute Gasteiger partial charge is 0.313 e. The van der Waals surface area contributed by atoms with E-state index >= 15 is 0 Å². The first-order valence-corrected chi connectivity index (χ1v) is 8.40. The number of nitrogens with one attached hydrogen (secondary N) is 1. The van der Waals surface area contributed by atoms with Gasteiger partial charge in [0.1, 0.15) is 0 Å². The van der Waals surface area contributed by atoms with Gasteiger partial charge in [0.25, 0.3) is 0 Å². The van der Waals surface area contributed by atoms with Crippen LogP contribution in [-0.2, 0) is 13.1 Å². The lowest BCUT2D eigenvalue weighted by Crippen LogP contribution is -2.19.